The number of benzene rings is 2. The van der Waals surface area contributed by atoms with E-state index in [-0.39, 0.29) is 61.8 Å². The van der Waals surface area contributed by atoms with Crippen molar-refractivity contribution in [2.75, 3.05) is 59.0 Å². The van der Waals surface area contributed by atoms with Crippen LogP contribution in [0.5, 0.6) is 0 Å². The summed E-state index contributed by atoms with van der Waals surface area (Å²) in [6.07, 6.45) is 3.93. The number of anilines is 1. The van der Waals surface area contributed by atoms with Crippen molar-refractivity contribution in [3.63, 3.8) is 0 Å². The van der Waals surface area contributed by atoms with Crippen molar-refractivity contribution in [2.45, 2.75) is 138 Å². The zero-order valence-corrected chi connectivity index (χ0v) is 40.2. The van der Waals surface area contributed by atoms with Gasteiger partial charge in [0, 0.05) is 37.6 Å². The van der Waals surface area contributed by atoms with Gasteiger partial charge in [0.25, 0.3) is 6.47 Å². The molecule has 0 bridgehead atoms. The fourth-order valence-corrected chi connectivity index (χ4v) is 5.88. The van der Waals surface area contributed by atoms with E-state index in [1.165, 1.54) is 5.01 Å². The monoisotopic (exact) mass is 858 g/mol. The standard InChI is InChI=1S/C32H45N5O6.C9H20N2O.3C2H6/c1-31(2,41-5)16-18-43-32(3,4)21-35-27(39)14-15-28(40)36-20-23-10-6-7-11-24(23)29(33)30(37(34)17-19-42-22-38)25-12-8-9-13-26(25)36;1-8(12)9(11-3)6-4-5-7-10-2;3*1-2/h6-13,22H,14-21,33-34H2,1-5H3,(H,35,39);9-11H,4-7H2,1-3H3;3*1-2H3/b30-29-;;;;. The van der Waals surface area contributed by atoms with Gasteiger partial charge in [-0.3, -0.25) is 19.2 Å². The summed E-state index contributed by atoms with van der Waals surface area (Å²) in [4.78, 5) is 49.8. The Bertz CT molecular complexity index is 1570. The molecule has 348 valence electrons. The number of hydrazine groups is 1. The quantitative estimate of drug-likeness (QED) is 0.0361. The van der Waals surface area contributed by atoms with Crippen LogP contribution in [0.25, 0.3) is 11.4 Å². The summed E-state index contributed by atoms with van der Waals surface area (Å²) in [6, 6.07) is 14.9. The minimum atomic E-state index is -0.581. The number of fused-ring (bicyclic) bond motifs is 2. The van der Waals surface area contributed by atoms with Gasteiger partial charge in [-0.25, -0.2) is 5.84 Å². The number of unbranched alkanes of at least 4 members (excludes halogenated alkanes) is 1. The van der Waals surface area contributed by atoms with Crippen molar-refractivity contribution in [3.05, 3.63) is 65.2 Å². The minimum Gasteiger partial charge on any atom is -0.466 e. The molecule has 61 heavy (non-hydrogen) atoms. The second kappa shape index (κ2) is 33.3. The van der Waals surface area contributed by atoms with E-state index >= 15 is 0 Å². The first-order valence-electron chi connectivity index (χ1n) is 21.9. The predicted molar refractivity (Wildman–Crippen MR) is 251 cm³/mol. The van der Waals surface area contributed by atoms with Gasteiger partial charge in [-0.15, -0.1) is 0 Å². The van der Waals surface area contributed by atoms with E-state index in [2.05, 4.69) is 16.0 Å². The molecule has 0 fully saturated rings. The lowest BCUT2D eigenvalue weighted by molar-refractivity contribution is -0.129. The molecular weight excluding hydrogens is 775 g/mol. The molecule has 3 rings (SSSR count). The second-order valence-corrected chi connectivity index (χ2v) is 14.7. The predicted octanol–water partition coefficient (Wildman–Crippen LogP) is 6.80. The third-order valence-corrected chi connectivity index (χ3v) is 9.48. The number of para-hydroxylation sites is 1. The molecule has 2 aromatic carbocycles. The van der Waals surface area contributed by atoms with Gasteiger partial charge in [-0.1, -0.05) is 90.4 Å². The van der Waals surface area contributed by atoms with Crippen molar-refractivity contribution in [2.24, 2.45) is 11.6 Å². The summed E-state index contributed by atoms with van der Waals surface area (Å²) < 4.78 is 16.3. The first-order valence-corrected chi connectivity index (χ1v) is 21.9. The molecule has 0 saturated heterocycles. The Morgan fingerprint density at radius 2 is 1.49 bits per heavy atom. The molecule has 0 saturated carbocycles. The molecule has 1 aliphatic rings. The molecule has 2 aromatic rings. The van der Waals surface area contributed by atoms with Crippen LogP contribution in [0.15, 0.2) is 48.5 Å². The Labute approximate surface area is 368 Å². The number of ketones is 1. The molecule has 1 aliphatic heterocycles. The lowest BCUT2D eigenvalue weighted by atomic mass is 9.95. The van der Waals surface area contributed by atoms with Crippen LogP contribution in [0.2, 0.25) is 0 Å². The van der Waals surface area contributed by atoms with Gasteiger partial charge in [0.15, 0.2) is 0 Å². The summed E-state index contributed by atoms with van der Waals surface area (Å²) >= 11 is 0. The maximum Gasteiger partial charge on any atom is 0.293 e. The van der Waals surface area contributed by atoms with Crippen molar-refractivity contribution >= 4 is 41.2 Å². The molecule has 0 aromatic heterocycles. The number of nitrogens with zero attached hydrogens (tertiary/aromatic N) is 2. The van der Waals surface area contributed by atoms with Gasteiger partial charge in [0.05, 0.1) is 54.0 Å². The zero-order valence-electron chi connectivity index (χ0n) is 40.2. The van der Waals surface area contributed by atoms with Crippen LogP contribution in [0.1, 0.15) is 131 Å². The average Bonchev–Trinajstić information content (AvgIpc) is 3.26. The summed E-state index contributed by atoms with van der Waals surface area (Å²) in [6.45, 7) is 24.2. The van der Waals surface area contributed by atoms with E-state index in [4.69, 9.17) is 25.8 Å². The smallest absolute Gasteiger partial charge is 0.293 e. The molecule has 0 spiro atoms. The van der Waals surface area contributed by atoms with Gasteiger partial charge in [0.2, 0.25) is 11.8 Å². The molecule has 1 atom stereocenters. The number of nitrogens with one attached hydrogen (secondary N) is 3. The molecule has 14 heteroatoms. The molecule has 2 amide bonds. The van der Waals surface area contributed by atoms with Crippen LogP contribution in [0.3, 0.4) is 0 Å². The SMILES string of the molecule is CC.CC.CC.CNCCCCC(NC)C(C)=O.COC(C)(C)CCOC(C)(C)CNC(=O)CCC(=O)N1Cc2ccccc2/C(N)=C(/N(N)CCOC=O)c2ccccc21. The molecule has 0 radical (unpaired) electrons. The van der Waals surface area contributed by atoms with Crippen LogP contribution in [-0.4, -0.2) is 100 Å². The third-order valence-electron chi connectivity index (χ3n) is 9.48. The van der Waals surface area contributed by atoms with Crippen molar-refractivity contribution in [1.29, 1.82) is 0 Å². The highest BCUT2D eigenvalue weighted by atomic mass is 16.5. The number of carbonyl (C=O) groups is 4. The lowest BCUT2D eigenvalue weighted by Gasteiger charge is -2.33. The van der Waals surface area contributed by atoms with Gasteiger partial charge in [-0.05, 0) is 86.2 Å². The van der Waals surface area contributed by atoms with Crippen molar-refractivity contribution in [1.82, 2.24) is 21.0 Å². The van der Waals surface area contributed by atoms with E-state index < -0.39 is 5.60 Å². The first kappa shape index (κ1) is 58.8. The van der Waals surface area contributed by atoms with Crippen LogP contribution in [-0.2, 0) is 39.9 Å². The molecule has 7 N–H and O–H groups in total. The van der Waals surface area contributed by atoms with Gasteiger partial charge >= 0.3 is 0 Å². The minimum absolute atomic E-state index is 0.000305. The molecular formula is C47H83N7O7. The summed E-state index contributed by atoms with van der Waals surface area (Å²) in [7, 11) is 5.45. The summed E-state index contributed by atoms with van der Waals surface area (Å²) in [5.41, 5.74) is 9.61. The van der Waals surface area contributed by atoms with Gasteiger partial charge < -0.3 is 45.8 Å². The summed E-state index contributed by atoms with van der Waals surface area (Å²) in [5.74, 6) is 6.22. The highest BCUT2D eigenvalue weighted by Gasteiger charge is 2.29. The number of carbonyl (C=O) groups excluding carboxylic acids is 4. The molecule has 1 heterocycles. The first-order chi connectivity index (χ1) is 29.1. The normalized spacial score (nSPS) is 13.5. The van der Waals surface area contributed by atoms with Crippen LogP contribution >= 0.6 is 0 Å². The fraction of sp³-hybridized carbons (Fsp3) is 0.617. The number of amides is 2. The number of likely N-dealkylation sites (N-methyl/N-ethyl adjacent to an activating group) is 1. The number of hydrogen-bond donors (Lipinski definition) is 5. The van der Waals surface area contributed by atoms with Crippen molar-refractivity contribution < 1.29 is 33.4 Å². The Balaban J connectivity index is 0. The molecule has 14 nitrogen and oxygen atoms in total. The Kier molecular flexibility index (Phi) is 32.1. The highest BCUT2D eigenvalue weighted by Crippen LogP contribution is 2.37. The maximum absolute atomic E-state index is 13.7. The highest BCUT2D eigenvalue weighted by molar-refractivity contribution is 6.02. The van der Waals surface area contributed by atoms with Crippen molar-refractivity contribution in [3.8, 4) is 0 Å². The number of hydrogen-bond acceptors (Lipinski definition) is 12. The maximum atomic E-state index is 13.7. The number of nitrogens with two attached hydrogens (primary N) is 2. The lowest BCUT2D eigenvalue weighted by Crippen LogP contribution is -2.42. The van der Waals surface area contributed by atoms with E-state index in [9.17, 15) is 19.2 Å². The summed E-state index contributed by atoms with van der Waals surface area (Å²) in [5, 5.41) is 10.4. The second-order valence-electron chi connectivity index (χ2n) is 14.7. The fourth-order valence-electron chi connectivity index (χ4n) is 5.88. The van der Waals surface area contributed by atoms with E-state index in [0.29, 0.717) is 48.7 Å². The number of rotatable bonds is 22. The molecule has 0 aliphatic carbocycles. The Morgan fingerprint density at radius 3 is 2.07 bits per heavy atom. The van der Waals surface area contributed by atoms with Crippen LogP contribution in [0.4, 0.5) is 5.69 Å². The van der Waals surface area contributed by atoms with Crippen LogP contribution in [0, 0.1) is 0 Å². The number of ether oxygens (including phenoxy) is 3. The van der Waals surface area contributed by atoms with Gasteiger partial charge in [0.1, 0.15) is 12.4 Å². The number of methoxy groups -OCH3 is 1. The third kappa shape index (κ3) is 22.4. The number of Topliss-reactive ketones (excluding diaryl/α,β-unsaturated/α-hetero) is 1. The average molecular weight is 858 g/mol. The largest absolute Gasteiger partial charge is 0.466 e. The van der Waals surface area contributed by atoms with Crippen LogP contribution < -0.4 is 32.4 Å². The van der Waals surface area contributed by atoms with E-state index in [1.807, 2.05) is 132 Å². The molecule has 1 unspecified atom stereocenters. The Hall–Kier alpha value is -4.34. The van der Waals surface area contributed by atoms with E-state index in [0.717, 1.165) is 36.9 Å². The van der Waals surface area contributed by atoms with Gasteiger partial charge in [-0.2, -0.15) is 0 Å². The van der Waals surface area contributed by atoms with E-state index in [1.54, 1.807) is 18.9 Å². The Morgan fingerprint density at radius 1 is 0.885 bits per heavy atom. The zero-order chi connectivity index (χ0) is 47.0. The topological polar surface area (TPSA) is 191 Å².